The Morgan fingerprint density at radius 3 is 1.24 bits per heavy atom. The topological polar surface area (TPSA) is 0 Å². The summed E-state index contributed by atoms with van der Waals surface area (Å²) in [7, 11) is 0. The van der Waals surface area contributed by atoms with Crippen LogP contribution < -0.4 is 0 Å². The summed E-state index contributed by atoms with van der Waals surface area (Å²) in [6.07, 6.45) is 12.1. The minimum Gasteiger partial charge on any atom is -0.0988 e. The Bertz CT molecular complexity index is 498. The number of hydrogen-bond acceptors (Lipinski definition) is 0. The molecule has 0 radical (unpaired) electrons. The molecule has 0 amide bonds. The van der Waals surface area contributed by atoms with Gasteiger partial charge in [-0.05, 0) is 30.6 Å². The van der Waals surface area contributed by atoms with Crippen LogP contribution in [0.15, 0.2) is 91.1 Å². The van der Waals surface area contributed by atoms with Crippen LogP contribution in [0.1, 0.15) is 130 Å². The first-order valence-corrected chi connectivity index (χ1v) is 13.6. The van der Waals surface area contributed by atoms with E-state index in [4.69, 9.17) is 0 Å². The van der Waals surface area contributed by atoms with Crippen molar-refractivity contribution in [1.82, 2.24) is 0 Å². The fraction of sp³-hybridized carbons (Fsp3) is 0.529. The molecule has 0 aliphatic heterocycles. The molecule has 1 rings (SSSR count). The van der Waals surface area contributed by atoms with E-state index in [9.17, 15) is 0 Å². The van der Waals surface area contributed by atoms with Gasteiger partial charge in [-0.3, -0.25) is 0 Å². The summed E-state index contributed by atoms with van der Waals surface area (Å²) in [5.41, 5.74) is 3.63. The van der Waals surface area contributed by atoms with Crippen LogP contribution in [-0.2, 0) is 0 Å². The number of allylic oxidation sites excluding steroid dienone is 8. The second-order valence-electron chi connectivity index (χ2n) is 4.23. The Morgan fingerprint density at radius 2 is 0.971 bits per heavy atom. The molecule has 0 spiro atoms. The van der Waals surface area contributed by atoms with E-state index in [1.165, 1.54) is 16.7 Å². The molecule has 1 aromatic carbocycles. The van der Waals surface area contributed by atoms with E-state index in [-0.39, 0.29) is 13.3 Å². The highest BCUT2D eigenvalue weighted by molar-refractivity contribution is 5.46. The monoisotopic (exact) mass is 477 g/mol. The van der Waals surface area contributed by atoms with Crippen LogP contribution in [0.5, 0.6) is 0 Å². The predicted octanol–water partition coefficient (Wildman–Crippen LogP) is 13.4. The van der Waals surface area contributed by atoms with E-state index in [0.717, 1.165) is 0 Å². The molecule has 0 heteroatoms. The van der Waals surface area contributed by atoms with Crippen molar-refractivity contribution >= 4 is 0 Å². The molecule has 0 nitrogen and oxygen atoms in total. The maximum absolute atomic E-state index is 3.95. The molecule has 0 aromatic heterocycles. The summed E-state index contributed by atoms with van der Waals surface area (Å²) in [5, 5.41) is 0. The summed E-state index contributed by atoms with van der Waals surface area (Å²) in [4.78, 5) is 0. The van der Waals surface area contributed by atoms with E-state index in [0.29, 0.717) is 0 Å². The highest BCUT2D eigenvalue weighted by Crippen LogP contribution is 2.33. The molecule has 0 N–H and O–H groups in total. The van der Waals surface area contributed by atoms with Crippen LogP contribution >= 0.6 is 0 Å². The molecule has 0 saturated heterocycles. The smallest absolute Gasteiger partial charge is 0.0336 e. The van der Waals surface area contributed by atoms with Gasteiger partial charge in [0.15, 0.2) is 0 Å². The van der Waals surface area contributed by atoms with Crippen molar-refractivity contribution in [1.29, 1.82) is 0 Å². The van der Waals surface area contributed by atoms with Gasteiger partial charge in [-0.1, -0.05) is 184 Å². The van der Waals surface area contributed by atoms with Crippen molar-refractivity contribution in [2.24, 2.45) is 0 Å². The first-order chi connectivity index (χ1) is 16.3. The Hall–Kier alpha value is -2.08. The average Bonchev–Trinajstić information content (AvgIpc) is 2.96. The van der Waals surface area contributed by atoms with E-state index >= 15 is 0 Å². The standard InChI is InChI=1S/C19H22.7C2H6.CH4/c1-5-9-13-17(8-4)19(16(6-2)7-3)18-14-11-10-12-15-18;7*1-2;/h5-15,19H,2,4H2,1,3H3;7*1-2H3;1H4/b9-5-,16-7+,17-13+;;;;;;;;. The maximum Gasteiger partial charge on any atom is 0.0336 e. The molecule has 0 fully saturated rings. The minimum atomic E-state index is 0. The Kier molecular flexibility index (Phi) is 99.2. The lowest BCUT2D eigenvalue weighted by Crippen LogP contribution is -2.03. The van der Waals surface area contributed by atoms with Crippen molar-refractivity contribution in [3.63, 3.8) is 0 Å². The van der Waals surface area contributed by atoms with Crippen molar-refractivity contribution < 1.29 is 0 Å². The van der Waals surface area contributed by atoms with Gasteiger partial charge in [0.05, 0.1) is 0 Å². The molecular weight excluding hydrogens is 408 g/mol. The summed E-state index contributed by atoms with van der Waals surface area (Å²) >= 11 is 0. The molecule has 34 heavy (non-hydrogen) atoms. The van der Waals surface area contributed by atoms with Gasteiger partial charge in [0.25, 0.3) is 0 Å². The van der Waals surface area contributed by atoms with Gasteiger partial charge < -0.3 is 0 Å². The van der Waals surface area contributed by atoms with Gasteiger partial charge in [-0.2, -0.15) is 0 Å². The molecule has 204 valence electrons. The zero-order valence-electron chi connectivity index (χ0n) is 25.8. The van der Waals surface area contributed by atoms with Gasteiger partial charge in [0.2, 0.25) is 0 Å². The molecule has 1 aromatic rings. The third-order valence-corrected chi connectivity index (χ3v) is 3.09. The molecule has 0 heterocycles. The van der Waals surface area contributed by atoms with Crippen molar-refractivity contribution in [3.8, 4) is 0 Å². The Labute approximate surface area is 220 Å². The highest BCUT2D eigenvalue weighted by Gasteiger charge is 2.16. The van der Waals surface area contributed by atoms with Gasteiger partial charge in [-0.15, -0.1) is 0 Å². The van der Waals surface area contributed by atoms with E-state index in [1.54, 1.807) is 0 Å². The zero-order valence-corrected chi connectivity index (χ0v) is 25.8. The summed E-state index contributed by atoms with van der Waals surface area (Å²) in [6, 6.07) is 10.5. The van der Waals surface area contributed by atoms with Crippen LogP contribution in [0.4, 0.5) is 0 Å². The number of hydrogen-bond donors (Lipinski definition) is 0. The first-order valence-electron chi connectivity index (χ1n) is 13.6. The molecule has 0 aliphatic rings. The van der Waals surface area contributed by atoms with Crippen molar-refractivity contribution in [2.45, 2.75) is 124 Å². The van der Waals surface area contributed by atoms with E-state index in [1.807, 2.05) is 141 Å². The zero-order chi connectivity index (χ0) is 28.1. The molecule has 0 bridgehead atoms. The minimum absolute atomic E-state index is 0. The quantitative estimate of drug-likeness (QED) is 0.358. The van der Waals surface area contributed by atoms with E-state index in [2.05, 4.69) is 49.6 Å². The molecule has 1 atom stereocenters. The van der Waals surface area contributed by atoms with E-state index < -0.39 is 0 Å². The lowest BCUT2D eigenvalue weighted by atomic mass is 9.84. The van der Waals surface area contributed by atoms with Crippen molar-refractivity contribution in [2.75, 3.05) is 0 Å². The number of rotatable bonds is 6. The average molecular weight is 477 g/mol. The van der Waals surface area contributed by atoms with Gasteiger partial charge in [0.1, 0.15) is 0 Å². The van der Waals surface area contributed by atoms with Gasteiger partial charge >= 0.3 is 0 Å². The van der Waals surface area contributed by atoms with Gasteiger partial charge in [-0.25, -0.2) is 0 Å². The second-order valence-corrected chi connectivity index (χ2v) is 4.23. The first kappa shape index (κ1) is 53.3. The van der Waals surface area contributed by atoms with Crippen LogP contribution in [0.2, 0.25) is 0 Å². The van der Waals surface area contributed by atoms with Crippen LogP contribution in [-0.4, -0.2) is 0 Å². The van der Waals surface area contributed by atoms with Crippen LogP contribution in [0.25, 0.3) is 0 Å². The predicted molar refractivity (Wildman–Crippen MR) is 172 cm³/mol. The molecular formula is C34H68. The van der Waals surface area contributed by atoms with Crippen LogP contribution in [0, 0.1) is 0 Å². The third-order valence-electron chi connectivity index (χ3n) is 3.09. The SMILES string of the molecule is C.C=C/C(=C\C)C(/C(C=C)=C/C=C\C)c1ccccc1.CC.CC.CC.CC.CC.CC.CC. The molecule has 0 saturated carbocycles. The highest BCUT2D eigenvalue weighted by atomic mass is 14.2. The Morgan fingerprint density at radius 1 is 0.618 bits per heavy atom. The van der Waals surface area contributed by atoms with Crippen molar-refractivity contribution in [3.05, 3.63) is 96.7 Å². The summed E-state index contributed by atoms with van der Waals surface area (Å²) < 4.78 is 0. The Balaban J connectivity index is -0.0000000644. The largest absolute Gasteiger partial charge is 0.0988 e. The lowest BCUT2D eigenvalue weighted by molar-refractivity contribution is 0.975. The fourth-order valence-corrected chi connectivity index (χ4v) is 2.11. The number of benzene rings is 1. The fourth-order valence-electron chi connectivity index (χ4n) is 2.11. The lowest BCUT2D eigenvalue weighted by Gasteiger charge is -2.20. The maximum atomic E-state index is 3.95. The summed E-state index contributed by atoms with van der Waals surface area (Å²) in [5.74, 6) is 0.192. The molecule has 1 unspecified atom stereocenters. The normalized spacial score (nSPS) is 9.29. The summed E-state index contributed by atoms with van der Waals surface area (Å²) in [6.45, 7) is 39.9. The molecule has 0 aliphatic carbocycles. The van der Waals surface area contributed by atoms with Gasteiger partial charge in [0, 0.05) is 5.92 Å². The second kappa shape index (κ2) is 63.2. The third kappa shape index (κ3) is 32.1. The van der Waals surface area contributed by atoms with Crippen LogP contribution in [0.3, 0.4) is 0 Å².